The minimum atomic E-state index is 0.420. The molecule has 0 unspecified atom stereocenters. The number of aromatic nitrogens is 4. The van der Waals surface area contributed by atoms with Crippen molar-refractivity contribution in [3.8, 4) is 0 Å². The zero-order valence-corrected chi connectivity index (χ0v) is 15.7. The van der Waals surface area contributed by atoms with Gasteiger partial charge in [0.2, 0.25) is 0 Å². The van der Waals surface area contributed by atoms with Gasteiger partial charge in [-0.1, -0.05) is 31.7 Å². The predicted molar refractivity (Wildman–Crippen MR) is 103 cm³/mol. The van der Waals surface area contributed by atoms with Crippen LogP contribution in [0, 0.1) is 19.3 Å². The molecule has 0 radical (unpaired) electrons. The van der Waals surface area contributed by atoms with Crippen LogP contribution in [0.2, 0.25) is 0 Å². The zero-order chi connectivity index (χ0) is 18.1. The minimum absolute atomic E-state index is 0.420. The fraction of sp³-hybridized carbons (Fsp3) is 0.476. The van der Waals surface area contributed by atoms with Crippen molar-refractivity contribution >= 4 is 11.0 Å². The summed E-state index contributed by atoms with van der Waals surface area (Å²) in [7, 11) is 0. The van der Waals surface area contributed by atoms with Gasteiger partial charge >= 0.3 is 0 Å². The topological polar surface area (TPSA) is 59.5 Å². The van der Waals surface area contributed by atoms with Crippen molar-refractivity contribution in [2.75, 3.05) is 0 Å². The van der Waals surface area contributed by atoms with Crippen LogP contribution in [0.5, 0.6) is 0 Å². The van der Waals surface area contributed by atoms with Crippen LogP contribution in [0.4, 0.5) is 0 Å². The SMILES string of the molecule is Cc1c(C)n(Cc2cccnc2)c2ncn(C3CCCCCC3)c(=N)c12. The van der Waals surface area contributed by atoms with Crippen LogP contribution in [0.1, 0.15) is 61.4 Å². The third-order valence-electron chi connectivity index (χ3n) is 5.88. The van der Waals surface area contributed by atoms with Crippen LogP contribution in [-0.2, 0) is 6.54 Å². The maximum absolute atomic E-state index is 8.88. The van der Waals surface area contributed by atoms with Crippen LogP contribution >= 0.6 is 0 Å². The normalized spacial score (nSPS) is 16.1. The van der Waals surface area contributed by atoms with Gasteiger partial charge in [-0.15, -0.1) is 0 Å². The van der Waals surface area contributed by atoms with E-state index in [0.29, 0.717) is 11.5 Å². The molecule has 5 nitrogen and oxygen atoms in total. The lowest BCUT2D eigenvalue weighted by atomic mass is 10.1. The number of pyridine rings is 1. The minimum Gasteiger partial charge on any atom is -0.325 e. The van der Waals surface area contributed by atoms with Gasteiger partial charge in [0.15, 0.2) is 0 Å². The molecule has 0 saturated heterocycles. The van der Waals surface area contributed by atoms with Gasteiger partial charge in [0, 0.05) is 24.1 Å². The van der Waals surface area contributed by atoms with E-state index < -0.39 is 0 Å². The van der Waals surface area contributed by atoms with Crippen LogP contribution in [0.25, 0.3) is 11.0 Å². The van der Waals surface area contributed by atoms with E-state index in [-0.39, 0.29) is 0 Å². The molecule has 1 aliphatic carbocycles. The summed E-state index contributed by atoms with van der Waals surface area (Å²) in [5.41, 5.74) is 5.04. The smallest absolute Gasteiger partial charge is 0.146 e. The van der Waals surface area contributed by atoms with Gasteiger partial charge in [-0.05, 0) is 43.9 Å². The summed E-state index contributed by atoms with van der Waals surface area (Å²) >= 11 is 0. The monoisotopic (exact) mass is 349 g/mol. The van der Waals surface area contributed by atoms with E-state index in [9.17, 15) is 0 Å². The molecule has 1 aliphatic rings. The largest absolute Gasteiger partial charge is 0.325 e. The first kappa shape index (κ1) is 17.0. The Morgan fingerprint density at radius 2 is 1.92 bits per heavy atom. The third-order valence-corrected chi connectivity index (χ3v) is 5.88. The summed E-state index contributed by atoms with van der Waals surface area (Å²) < 4.78 is 4.34. The predicted octanol–water partition coefficient (Wildman–Crippen LogP) is 4.27. The quantitative estimate of drug-likeness (QED) is 0.718. The molecule has 26 heavy (non-hydrogen) atoms. The van der Waals surface area contributed by atoms with Crippen molar-refractivity contribution in [1.82, 2.24) is 19.1 Å². The summed E-state index contributed by atoms with van der Waals surface area (Å²) in [5.74, 6) is 0. The molecule has 1 saturated carbocycles. The Balaban J connectivity index is 1.80. The summed E-state index contributed by atoms with van der Waals surface area (Å²) in [6.45, 7) is 4.99. The average molecular weight is 349 g/mol. The first-order valence-electron chi connectivity index (χ1n) is 9.67. The maximum Gasteiger partial charge on any atom is 0.146 e. The maximum atomic E-state index is 8.88. The van der Waals surface area contributed by atoms with E-state index in [1.807, 2.05) is 18.6 Å². The molecule has 0 spiro atoms. The molecule has 4 rings (SSSR count). The van der Waals surface area contributed by atoms with Crippen molar-refractivity contribution in [3.63, 3.8) is 0 Å². The molecular formula is C21H27N5. The van der Waals surface area contributed by atoms with Crippen molar-refractivity contribution in [2.45, 2.75) is 65.0 Å². The first-order chi connectivity index (χ1) is 12.7. The fourth-order valence-corrected chi connectivity index (χ4v) is 4.25. The van der Waals surface area contributed by atoms with E-state index in [1.54, 1.807) is 6.20 Å². The molecule has 5 heteroatoms. The third kappa shape index (κ3) is 2.96. The Morgan fingerprint density at radius 1 is 1.15 bits per heavy atom. The summed E-state index contributed by atoms with van der Waals surface area (Å²) in [6, 6.07) is 4.47. The molecule has 0 aromatic carbocycles. The van der Waals surface area contributed by atoms with Crippen LogP contribution in [0.15, 0.2) is 30.9 Å². The number of hydrogen-bond donors (Lipinski definition) is 1. The van der Waals surface area contributed by atoms with Crippen LogP contribution < -0.4 is 5.49 Å². The molecule has 3 aromatic rings. The Kier molecular flexibility index (Phi) is 4.62. The lowest BCUT2D eigenvalue weighted by Crippen LogP contribution is -2.25. The van der Waals surface area contributed by atoms with Crippen molar-refractivity contribution in [1.29, 1.82) is 5.41 Å². The number of nitrogens with zero attached hydrogens (tertiary/aromatic N) is 4. The molecule has 0 atom stereocenters. The molecule has 136 valence electrons. The number of nitrogens with one attached hydrogen (secondary N) is 1. The Labute approximate surface area is 154 Å². The van der Waals surface area contributed by atoms with Crippen LogP contribution in [0.3, 0.4) is 0 Å². The van der Waals surface area contributed by atoms with Gasteiger partial charge in [-0.25, -0.2) is 4.98 Å². The van der Waals surface area contributed by atoms with E-state index in [4.69, 9.17) is 10.4 Å². The molecule has 3 aromatic heterocycles. The molecule has 0 aliphatic heterocycles. The molecule has 1 N–H and O–H groups in total. The van der Waals surface area contributed by atoms with E-state index in [2.05, 4.69) is 34.0 Å². The fourth-order valence-electron chi connectivity index (χ4n) is 4.25. The van der Waals surface area contributed by atoms with E-state index in [0.717, 1.165) is 36.0 Å². The van der Waals surface area contributed by atoms with Gasteiger partial charge in [-0.3, -0.25) is 10.4 Å². The molecular weight excluding hydrogens is 322 g/mol. The summed E-state index contributed by atoms with van der Waals surface area (Å²) in [4.78, 5) is 9.04. The Bertz CT molecular complexity index is 959. The second kappa shape index (κ2) is 7.06. The van der Waals surface area contributed by atoms with Crippen molar-refractivity contribution < 1.29 is 0 Å². The molecule has 1 fully saturated rings. The van der Waals surface area contributed by atoms with Crippen LogP contribution in [-0.4, -0.2) is 19.1 Å². The highest BCUT2D eigenvalue weighted by atomic mass is 15.1. The first-order valence-corrected chi connectivity index (χ1v) is 9.67. The number of fused-ring (bicyclic) bond motifs is 1. The zero-order valence-electron chi connectivity index (χ0n) is 15.7. The number of aryl methyl sites for hydroxylation is 1. The van der Waals surface area contributed by atoms with Crippen molar-refractivity contribution in [2.24, 2.45) is 0 Å². The van der Waals surface area contributed by atoms with E-state index >= 15 is 0 Å². The second-order valence-corrected chi connectivity index (χ2v) is 7.50. The summed E-state index contributed by atoms with van der Waals surface area (Å²) in [6.07, 6.45) is 13.1. The number of rotatable bonds is 3. The highest BCUT2D eigenvalue weighted by Crippen LogP contribution is 2.27. The lowest BCUT2D eigenvalue weighted by Gasteiger charge is -2.18. The van der Waals surface area contributed by atoms with Gasteiger partial charge in [-0.2, -0.15) is 0 Å². The molecule has 0 amide bonds. The molecule has 3 heterocycles. The lowest BCUT2D eigenvalue weighted by molar-refractivity contribution is 0.424. The Hall–Kier alpha value is -2.43. The average Bonchev–Trinajstić information content (AvgIpc) is 2.85. The molecule has 0 bridgehead atoms. The second-order valence-electron chi connectivity index (χ2n) is 7.50. The van der Waals surface area contributed by atoms with E-state index in [1.165, 1.54) is 36.9 Å². The van der Waals surface area contributed by atoms with Gasteiger partial charge in [0.25, 0.3) is 0 Å². The standard InChI is InChI=1S/C21H27N5/c1-15-16(2)25(13-17-8-7-11-23-12-17)21-19(15)20(22)26(14-24-21)18-9-5-3-4-6-10-18/h7-8,11-12,14,18,22H,3-6,9-10,13H2,1-2H3. The van der Waals surface area contributed by atoms with Crippen molar-refractivity contribution in [3.05, 3.63) is 53.2 Å². The summed E-state index contributed by atoms with van der Waals surface area (Å²) in [5, 5.41) is 9.87. The number of hydrogen-bond acceptors (Lipinski definition) is 3. The van der Waals surface area contributed by atoms with Gasteiger partial charge < -0.3 is 9.13 Å². The van der Waals surface area contributed by atoms with Gasteiger partial charge in [0.1, 0.15) is 11.1 Å². The highest BCUT2D eigenvalue weighted by molar-refractivity contribution is 5.80. The highest BCUT2D eigenvalue weighted by Gasteiger charge is 2.19. The Morgan fingerprint density at radius 3 is 2.62 bits per heavy atom. The van der Waals surface area contributed by atoms with Gasteiger partial charge in [0.05, 0.1) is 18.3 Å².